The van der Waals surface area contributed by atoms with E-state index < -0.39 is 5.91 Å². The highest BCUT2D eigenvalue weighted by Gasteiger charge is 2.10. The number of halogens is 1. The third-order valence-corrected chi connectivity index (χ3v) is 3.27. The van der Waals surface area contributed by atoms with Crippen LogP contribution in [0, 0.1) is 0 Å². The van der Waals surface area contributed by atoms with Crippen LogP contribution in [0.5, 0.6) is 0 Å². The van der Waals surface area contributed by atoms with Crippen molar-refractivity contribution in [3.63, 3.8) is 0 Å². The van der Waals surface area contributed by atoms with E-state index in [-0.39, 0.29) is 29.4 Å². The average Bonchev–Trinajstić information content (AvgIpc) is 2.56. The van der Waals surface area contributed by atoms with E-state index >= 15 is 0 Å². The van der Waals surface area contributed by atoms with Gasteiger partial charge in [-0.15, -0.1) is 0 Å². The van der Waals surface area contributed by atoms with Crippen LogP contribution >= 0.6 is 12.1 Å². The average molecular weight is 352 g/mol. The molecule has 0 saturated heterocycles. The topological polar surface area (TPSA) is 49.4 Å². The van der Waals surface area contributed by atoms with Crippen molar-refractivity contribution in [2.45, 2.75) is 13.8 Å². The molecule has 0 spiro atoms. The highest BCUT2D eigenvalue weighted by atomic mass is 32.2. The first kappa shape index (κ1) is 22.1. The molecule has 0 aromatic heterocycles. The van der Waals surface area contributed by atoms with Gasteiger partial charge in [0.15, 0.2) is 5.78 Å². The molecule has 24 heavy (non-hydrogen) atoms. The van der Waals surface area contributed by atoms with E-state index in [0.29, 0.717) is 11.1 Å². The third-order valence-electron chi connectivity index (χ3n) is 2.93. The summed E-state index contributed by atoms with van der Waals surface area (Å²) in [6.45, 7) is 7.54. The van der Waals surface area contributed by atoms with Gasteiger partial charge < -0.3 is 10.2 Å². The predicted octanol–water partition coefficient (Wildman–Crippen LogP) is 3.37. The number of hydrogen-bond donors (Lipinski definition) is 1. The molecule has 0 fully saturated rings. The minimum Gasteiger partial charge on any atom is -0.345 e. The summed E-state index contributed by atoms with van der Waals surface area (Å²) in [5, 5.41) is 2.57. The number of Topliss-reactive ketones (excluding diaryl/α,β-unsaturated/α-hetero) is 1. The van der Waals surface area contributed by atoms with Crippen LogP contribution in [0.1, 0.15) is 13.8 Å². The number of carbonyl (C=O) groups is 2. The highest BCUT2D eigenvalue weighted by molar-refractivity contribution is 7.98. The van der Waals surface area contributed by atoms with Gasteiger partial charge in [-0.3, -0.25) is 9.59 Å². The zero-order chi connectivity index (χ0) is 18.5. The standard InChI is InChI=1S/C18H25FN2O2S/c1-6-15(9-8-12-21(4)5)17(22)13-20-18(23)16(7-2)11-10-14(3)24-19/h6-11H,3,12-13H2,1-2,4-5H3,(H,20,23)/b9-8-,11-10-,15-6+,16-7+. The molecule has 0 aliphatic carbocycles. The van der Waals surface area contributed by atoms with Crippen LogP contribution < -0.4 is 5.32 Å². The molecule has 1 N–H and O–H groups in total. The van der Waals surface area contributed by atoms with Crippen molar-refractivity contribution < 1.29 is 13.5 Å². The van der Waals surface area contributed by atoms with Gasteiger partial charge in [-0.25, -0.2) is 0 Å². The molecule has 0 aromatic carbocycles. The first-order valence-corrected chi connectivity index (χ1v) is 8.18. The van der Waals surface area contributed by atoms with E-state index in [4.69, 9.17) is 0 Å². The molecule has 0 unspecified atom stereocenters. The second-order valence-corrected chi connectivity index (χ2v) is 5.81. The third kappa shape index (κ3) is 9.27. The molecule has 0 atom stereocenters. The largest absolute Gasteiger partial charge is 0.345 e. The van der Waals surface area contributed by atoms with E-state index in [9.17, 15) is 13.5 Å². The van der Waals surface area contributed by atoms with Gasteiger partial charge in [0.1, 0.15) is 0 Å². The zero-order valence-electron chi connectivity index (χ0n) is 14.6. The minimum absolute atomic E-state index is 0.0108. The number of nitrogens with one attached hydrogen (secondary N) is 1. The summed E-state index contributed by atoms with van der Waals surface area (Å²) in [6, 6.07) is 0. The Morgan fingerprint density at radius 2 is 1.75 bits per heavy atom. The summed E-state index contributed by atoms with van der Waals surface area (Å²) >= 11 is 0.0108. The van der Waals surface area contributed by atoms with Crippen molar-refractivity contribution in [3.05, 3.63) is 59.1 Å². The fraction of sp³-hybridized carbons (Fsp3) is 0.333. The quantitative estimate of drug-likeness (QED) is 0.484. The second-order valence-electron chi connectivity index (χ2n) is 5.14. The number of ketones is 1. The van der Waals surface area contributed by atoms with Crippen molar-refractivity contribution in [2.75, 3.05) is 27.2 Å². The molecule has 0 heterocycles. The van der Waals surface area contributed by atoms with Crippen LogP contribution in [-0.4, -0.2) is 43.8 Å². The number of nitrogens with zero attached hydrogens (tertiary/aromatic N) is 1. The van der Waals surface area contributed by atoms with Crippen molar-refractivity contribution in [1.29, 1.82) is 0 Å². The van der Waals surface area contributed by atoms with E-state index in [1.165, 1.54) is 12.2 Å². The van der Waals surface area contributed by atoms with Gasteiger partial charge in [0.2, 0.25) is 0 Å². The van der Waals surface area contributed by atoms with Gasteiger partial charge in [-0.05, 0) is 40.1 Å². The lowest BCUT2D eigenvalue weighted by Gasteiger charge is -2.07. The maximum absolute atomic E-state index is 12.3. The van der Waals surface area contributed by atoms with Gasteiger partial charge in [-0.1, -0.05) is 30.9 Å². The number of allylic oxidation sites excluding steroid dienone is 4. The zero-order valence-corrected chi connectivity index (χ0v) is 15.5. The monoisotopic (exact) mass is 352 g/mol. The minimum atomic E-state index is -0.397. The van der Waals surface area contributed by atoms with Crippen molar-refractivity contribution in [1.82, 2.24) is 10.2 Å². The summed E-state index contributed by atoms with van der Waals surface area (Å²) in [4.78, 5) is 26.3. The number of rotatable bonds is 10. The Bertz CT molecular complexity index is 576. The fourth-order valence-corrected chi connectivity index (χ4v) is 1.74. The predicted molar refractivity (Wildman–Crippen MR) is 100 cm³/mol. The maximum atomic E-state index is 12.3. The van der Waals surface area contributed by atoms with Crippen LogP contribution in [0.25, 0.3) is 0 Å². The summed E-state index contributed by atoms with van der Waals surface area (Å²) in [7, 11) is 3.87. The Balaban J connectivity index is 4.66. The number of hydrogen-bond acceptors (Lipinski definition) is 4. The normalized spacial score (nSPS) is 13.1. The molecule has 0 aromatic rings. The summed E-state index contributed by atoms with van der Waals surface area (Å²) in [5.41, 5.74) is 0.875. The lowest BCUT2D eigenvalue weighted by molar-refractivity contribution is -0.121. The Morgan fingerprint density at radius 3 is 2.25 bits per heavy atom. The lowest BCUT2D eigenvalue weighted by atomic mass is 10.1. The Morgan fingerprint density at radius 1 is 1.12 bits per heavy atom. The first-order valence-electron chi connectivity index (χ1n) is 7.46. The van der Waals surface area contributed by atoms with Gasteiger partial charge in [0, 0.05) is 22.6 Å². The second kappa shape index (κ2) is 12.5. The smallest absolute Gasteiger partial charge is 0.251 e. The van der Waals surface area contributed by atoms with E-state index in [2.05, 4.69) is 11.9 Å². The Kier molecular flexibility index (Phi) is 11.5. The maximum Gasteiger partial charge on any atom is 0.251 e. The molecule has 0 radical (unpaired) electrons. The molecule has 0 bridgehead atoms. The van der Waals surface area contributed by atoms with Gasteiger partial charge in [0.05, 0.1) is 18.7 Å². The van der Waals surface area contributed by atoms with Crippen LogP contribution in [0.15, 0.2) is 59.1 Å². The molecule has 0 aliphatic rings. The SMILES string of the molecule is C=C(/C=C\C(=C/C)C(=O)NCC(=O)C(/C=C\CN(C)C)=C/C)SF. The van der Waals surface area contributed by atoms with Crippen molar-refractivity contribution >= 4 is 23.8 Å². The molecule has 0 aliphatic heterocycles. The molecule has 132 valence electrons. The van der Waals surface area contributed by atoms with Crippen LogP contribution in [-0.2, 0) is 9.59 Å². The molecular formula is C18H25FN2O2S. The van der Waals surface area contributed by atoms with Crippen molar-refractivity contribution in [2.24, 2.45) is 0 Å². The molecule has 1 amide bonds. The van der Waals surface area contributed by atoms with Crippen LogP contribution in [0.4, 0.5) is 3.89 Å². The molecule has 6 heteroatoms. The number of amides is 1. The van der Waals surface area contributed by atoms with Crippen LogP contribution in [0.3, 0.4) is 0 Å². The number of likely N-dealkylation sites (N-methyl/N-ethyl adjacent to an activating group) is 1. The lowest BCUT2D eigenvalue weighted by Crippen LogP contribution is -2.30. The van der Waals surface area contributed by atoms with Gasteiger partial charge >= 0.3 is 0 Å². The Labute approximate surface area is 148 Å². The Hall–Kier alpha value is -1.92. The van der Waals surface area contributed by atoms with Crippen molar-refractivity contribution in [3.8, 4) is 0 Å². The number of carbonyl (C=O) groups excluding carboxylic acids is 2. The van der Waals surface area contributed by atoms with Crippen LogP contribution in [0.2, 0.25) is 0 Å². The van der Waals surface area contributed by atoms with Gasteiger partial charge in [-0.2, -0.15) is 3.89 Å². The molecule has 4 nitrogen and oxygen atoms in total. The van der Waals surface area contributed by atoms with E-state index in [0.717, 1.165) is 6.54 Å². The van der Waals surface area contributed by atoms with E-state index in [1.54, 1.807) is 32.1 Å². The first-order chi connectivity index (χ1) is 11.3. The summed E-state index contributed by atoms with van der Waals surface area (Å²) < 4.78 is 12.3. The molecule has 0 saturated carbocycles. The summed E-state index contributed by atoms with van der Waals surface area (Å²) in [6.07, 6.45) is 9.79. The summed E-state index contributed by atoms with van der Waals surface area (Å²) in [5.74, 6) is -0.574. The molecule has 0 rings (SSSR count). The highest BCUT2D eigenvalue weighted by Crippen LogP contribution is 2.15. The van der Waals surface area contributed by atoms with Gasteiger partial charge in [0.25, 0.3) is 5.91 Å². The molecular weight excluding hydrogens is 327 g/mol. The van der Waals surface area contributed by atoms with E-state index in [1.807, 2.05) is 25.1 Å². The fourth-order valence-electron chi connectivity index (χ4n) is 1.62.